The van der Waals surface area contributed by atoms with E-state index in [1.54, 1.807) is 11.8 Å². The van der Waals surface area contributed by atoms with Gasteiger partial charge in [-0.05, 0) is 68.5 Å². The molecule has 0 aliphatic heterocycles. The zero-order valence-corrected chi connectivity index (χ0v) is 22.8. The average molecular weight is 568 g/mol. The smallest absolute Gasteiger partial charge is 0.366 e. The quantitative estimate of drug-likeness (QED) is 0.172. The first-order chi connectivity index (χ1) is 19.0. The van der Waals surface area contributed by atoms with Gasteiger partial charge in [-0.25, -0.2) is 4.98 Å². The molecular formula is C30H35F6N3O. The molecule has 4 rings (SSSR count). The third-order valence-electron chi connectivity index (χ3n) is 7.34. The Labute approximate surface area is 230 Å². The molecule has 4 nitrogen and oxygen atoms in total. The van der Waals surface area contributed by atoms with E-state index < -0.39 is 23.5 Å². The molecule has 0 bridgehead atoms. The highest BCUT2D eigenvalue weighted by Crippen LogP contribution is 2.37. The van der Waals surface area contributed by atoms with Gasteiger partial charge >= 0.3 is 12.4 Å². The molecule has 40 heavy (non-hydrogen) atoms. The fourth-order valence-corrected chi connectivity index (χ4v) is 5.39. The molecule has 0 unspecified atom stereocenters. The van der Waals surface area contributed by atoms with Crippen molar-refractivity contribution in [1.29, 1.82) is 0 Å². The number of pyridine rings is 1. The van der Waals surface area contributed by atoms with Crippen LogP contribution in [-0.2, 0) is 30.2 Å². The first-order valence-corrected chi connectivity index (χ1v) is 13.7. The van der Waals surface area contributed by atoms with Gasteiger partial charge in [-0.3, -0.25) is 4.90 Å². The van der Waals surface area contributed by atoms with Crippen LogP contribution in [0.1, 0.15) is 61.8 Å². The van der Waals surface area contributed by atoms with Crippen molar-refractivity contribution in [3.63, 3.8) is 0 Å². The molecule has 0 N–H and O–H groups in total. The van der Waals surface area contributed by atoms with Crippen LogP contribution in [0.15, 0.2) is 48.5 Å². The number of alkyl halides is 6. The Morgan fingerprint density at radius 2 is 1.52 bits per heavy atom. The van der Waals surface area contributed by atoms with Crippen molar-refractivity contribution >= 4 is 16.7 Å². The molecule has 2 aromatic carbocycles. The lowest BCUT2D eigenvalue weighted by Crippen LogP contribution is -2.32. The summed E-state index contributed by atoms with van der Waals surface area (Å²) < 4.78 is 86.6. The van der Waals surface area contributed by atoms with E-state index in [0.29, 0.717) is 12.5 Å². The van der Waals surface area contributed by atoms with Crippen LogP contribution in [0.4, 0.5) is 32.2 Å². The first-order valence-electron chi connectivity index (χ1n) is 13.7. The van der Waals surface area contributed by atoms with Gasteiger partial charge in [0.05, 0.1) is 23.4 Å². The molecule has 3 aromatic rings. The Morgan fingerprint density at radius 3 is 2.12 bits per heavy atom. The molecule has 1 aromatic heterocycles. The summed E-state index contributed by atoms with van der Waals surface area (Å²) in [6, 6.07) is 11.4. The molecule has 0 amide bonds. The van der Waals surface area contributed by atoms with Gasteiger partial charge in [0.2, 0.25) is 0 Å². The maximum atomic E-state index is 13.5. The Balaban J connectivity index is 1.71. The molecular weight excluding hydrogens is 532 g/mol. The zero-order valence-electron chi connectivity index (χ0n) is 22.8. The van der Waals surface area contributed by atoms with Gasteiger partial charge in [-0.15, -0.1) is 0 Å². The van der Waals surface area contributed by atoms with Crippen molar-refractivity contribution in [2.45, 2.75) is 65.0 Å². The summed E-state index contributed by atoms with van der Waals surface area (Å²) in [6.07, 6.45) is -5.07. The van der Waals surface area contributed by atoms with Crippen LogP contribution < -0.4 is 4.90 Å². The Morgan fingerprint density at radius 1 is 0.875 bits per heavy atom. The van der Waals surface area contributed by atoms with Gasteiger partial charge in [0.15, 0.2) is 0 Å². The topological polar surface area (TPSA) is 28.6 Å². The van der Waals surface area contributed by atoms with Crippen molar-refractivity contribution in [3.8, 4) is 0 Å². The Bertz CT molecular complexity index is 1240. The second-order valence-corrected chi connectivity index (χ2v) is 10.4. The minimum absolute atomic E-state index is 0.0368. The highest BCUT2D eigenvalue weighted by molar-refractivity contribution is 5.81. The van der Waals surface area contributed by atoms with Gasteiger partial charge in [0.1, 0.15) is 5.82 Å². The number of halogens is 6. The molecule has 1 aliphatic rings. The average Bonchev–Trinajstić information content (AvgIpc) is 3.42. The van der Waals surface area contributed by atoms with Gasteiger partial charge in [-0.1, -0.05) is 31.0 Å². The summed E-state index contributed by atoms with van der Waals surface area (Å²) in [7, 11) is 0. The molecule has 1 aliphatic carbocycles. The fraction of sp³-hybridized carbons (Fsp3) is 0.500. The lowest BCUT2D eigenvalue weighted by atomic mass is 10.0. The summed E-state index contributed by atoms with van der Waals surface area (Å²) in [5.74, 6) is 1.35. The molecule has 218 valence electrons. The summed E-state index contributed by atoms with van der Waals surface area (Å²) in [6.45, 7) is 5.89. The molecule has 1 heterocycles. The number of ether oxygens (including phenoxy) is 1. The van der Waals surface area contributed by atoms with E-state index in [4.69, 9.17) is 9.72 Å². The second kappa shape index (κ2) is 12.8. The fourth-order valence-electron chi connectivity index (χ4n) is 5.39. The minimum Gasteiger partial charge on any atom is -0.366 e. The van der Waals surface area contributed by atoms with Crippen molar-refractivity contribution < 1.29 is 31.1 Å². The van der Waals surface area contributed by atoms with Gasteiger partial charge in [0, 0.05) is 43.7 Å². The lowest BCUT2D eigenvalue weighted by Gasteiger charge is -2.30. The highest BCUT2D eigenvalue weighted by atomic mass is 19.4. The number of hydrogen-bond acceptors (Lipinski definition) is 4. The van der Waals surface area contributed by atoms with E-state index >= 15 is 0 Å². The third-order valence-corrected chi connectivity index (χ3v) is 7.34. The van der Waals surface area contributed by atoms with Crippen LogP contribution in [-0.4, -0.2) is 36.3 Å². The summed E-state index contributed by atoms with van der Waals surface area (Å²) >= 11 is 0. The summed E-state index contributed by atoms with van der Waals surface area (Å²) in [5.41, 5.74) is -1.06. The third kappa shape index (κ3) is 7.66. The van der Waals surface area contributed by atoms with Crippen molar-refractivity contribution in [2.24, 2.45) is 5.92 Å². The Hall–Kier alpha value is -2.85. The SMILES string of the molecule is CCOCN(Cc1cc(C(F)(F)F)cc(C(F)(F)F)c1)Cc1cc2ccccc2nc1N(CC)CC1CCCC1. The number of hydrogen-bond donors (Lipinski definition) is 0. The van der Waals surface area contributed by atoms with Crippen molar-refractivity contribution in [3.05, 3.63) is 70.8 Å². The maximum absolute atomic E-state index is 13.5. The number of para-hydroxylation sites is 1. The largest absolute Gasteiger partial charge is 0.416 e. The molecule has 0 atom stereocenters. The van der Waals surface area contributed by atoms with Crippen molar-refractivity contribution in [2.75, 3.05) is 31.3 Å². The van der Waals surface area contributed by atoms with E-state index in [1.807, 2.05) is 30.3 Å². The van der Waals surface area contributed by atoms with Crippen LogP contribution >= 0.6 is 0 Å². The minimum atomic E-state index is -4.90. The molecule has 1 saturated carbocycles. The Kier molecular flexibility index (Phi) is 9.61. The van der Waals surface area contributed by atoms with E-state index in [2.05, 4.69) is 11.8 Å². The first kappa shape index (κ1) is 30.1. The number of benzene rings is 2. The van der Waals surface area contributed by atoms with Crippen LogP contribution in [0, 0.1) is 5.92 Å². The number of fused-ring (bicyclic) bond motifs is 1. The lowest BCUT2D eigenvalue weighted by molar-refractivity contribution is -0.143. The molecule has 1 fully saturated rings. The molecule has 0 radical (unpaired) electrons. The van der Waals surface area contributed by atoms with Crippen molar-refractivity contribution in [1.82, 2.24) is 9.88 Å². The molecule has 0 saturated heterocycles. The van der Waals surface area contributed by atoms with E-state index in [0.717, 1.165) is 60.3 Å². The van der Waals surface area contributed by atoms with Crippen LogP contribution in [0.25, 0.3) is 10.9 Å². The molecule has 10 heteroatoms. The zero-order chi connectivity index (χ0) is 28.9. The van der Waals surface area contributed by atoms with E-state index in [-0.39, 0.29) is 31.5 Å². The van der Waals surface area contributed by atoms with Crippen LogP contribution in [0.3, 0.4) is 0 Å². The predicted octanol–water partition coefficient (Wildman–Crippen LogP) is 8.29. The van der Waals surface area contributed by atoms with Crippen LogP contribution in [0.5, 0.6) is 0 Å². The number of nitrogens with zero attached hydrogens (tertiary/aromatic N) is 3. The van der Waals surface area contributed by atoms with E-state index in [9.17, 15) is 26.3 Å². The molecule has 0 spiro atoms. The highest BCUT2D eigenvalue weighted by Gasteiger charge is 2.37. The van der Waals surface area contributed by atoms with Crippen LogP contribution in [0.2, 0.25) is 0 Å². The number of anilines is 1. The summed E-state index contributed by atoms with van der Waals surface area (Å²) in [5, 5.41) is 0.910. The van der Waals surface area contributed by atoms with Gasteiger partial charge in [-0.2, -0.15) is 26.3 Å². The van der Waals surface area contributed by atoms with Gasteiger partial charge < -0.3 is 9.64 Å². The predicted molar refractivity (Wildman–Crippen MR) is 144 cm³/mol. The number of aromatic nitrogens is 1. The second-order valence-electron chi connectivity index (χ2n) is 10.4. The standard InChI is InChI=1S/C30H35F6N3O/c1-3-39(18-21-9-5-6-10-21)28-24(15-23-11-7-8-12-27(23)37-28)19-38(20-40-4-2)17-22-13-25(29(31,32)33)16-26(14-22)30(34,35)36/h7-8,11-16,21H,3-6,9-10,17-20H2,1-2H3. The summed E-state index contributed by atoms with van der Waals surface area (Å²) in [4.78, 5) is 8.94. The normalized spacial score (nSPS) is 14.9. The maximum Gasteiger partial charge on any atom is 0.416 e. The number of rotatable bonds is 11. The van der Waals surface area contributed by atoms with Gasteiger partial charge in [0.25, 0.3) is 0 Å². The monoisotopic (exact) mass is 567 g/mol. The van der Waals surface area contributed by atoms with E-state index in [1.165, 1.54) is 12.8 Å².